The predicted molar refractivity (Wildman–Crippen MR) is 289 cm³/mol. The fraction of sp³-hybridized carbons (Fsp3) is 0.480. The number of anilines is 1. The number of nitrogens with zero attached hydrogens (tertiary/aromatic N) is 5. The SMILES string of the molecule is C[C@H](NC(=O)[C@H](CC(=O)O)NC(=S)Nc1ccc(CN2CCN(CC(=O)O)CCN(CC(=O)O)CCN(CC(=O)O)CC2)cc1)C(=O)N[C@@H](Cc1cnc[nH]1)C(=O)N[C@@H](CO)C(=O)N[C@@H](Cc1ccccc1)C(=O)N[C@@H](CO)C(=O)O. The van der Waals surface area contributed by atoms with E-state index in [1.807, 2.05) is 4.90 Å². The van der Waals surface area contributed by atoms with Gasteiger partial charge in [-0.2, -0.15) is 0 Å². The van der Waals surface area contributed by atoms with Gasteiger partial charge >= 0.3 is 29.8 Å². The maximum absolute atomic E-state index is 13.8. The van der Waals surface area contributed by atoms with E-state index >= 15 is 0 Å². The zero-order valence-corrected chi connectivity index (χ0v) is 45.0. The van der Waals surface area contributed by atoms with Crippen molar-refractivity contribution in [2.75, 3.05) is 90.5 Å². The van der Waals surface area contributed by atoms with Crippen molar-refractivity contribution in [3.63, 3.8) is 0 Å². The molecule has 0 saturated carbocycles. The average Bonchev–Trinajstić information content (AvgIpc) is 3.93. The molecule has 6 atom stereocenters. The lowest BCUT2D eigenvalue weighted by atomic mass is 10.0. The summed E-state index contributed by atoms with van der Waals surface area (Å²) in [6, 6.07) is 5.68. The zero-order valence-electron chi connectivity index (χ0n) is 44.2. The second-order valence-corrected chi connectivity index (χ2v) is 19.3. The molecule has 442 valence electrons. The van der Waals surface area contributed by atoms with Crippen molar-refractivity contribution < 1.29 is 83.7 Å². The third-order valence-electron chi connectivity index (χ3n) is 12.5. The number of carbonyl (C=O) groups is 10. The highest BCUT2D eigenvalue weighted by Crippen LogP contribution is 2.14. The molecule has 1 aliphatic heterocycles. The number of aliphatic carboxylic acids is 5. The van der Waals surface area contributed by atoms with E-state index in [0.717, 1.165) is 5.56 Å². The number of aromatic nitrogens is 2. The Kier molecular flexibility index (Phi) is 26.9. The van der Waals surface area contributed by atoms with Crippen LogP contribution in [0.15, 0.2) is 67.1 Å². The number of imidazole rings is 1. The number of aromatic amines is 1. The Morgan fingerprint density at radius 2 is 0.988 bits per heavy atom. The third-order valence-corrected chi connectivity index (χ3v) is 12.7. The van der Waals surface area contributed by atoms with E-state index in [9.17, 15) is 83.7 Å². The Hall–Kier alpha value is -8.20. The predicted octanol–water partition coefficient (Wildman–Crippen LogP) is -4.49. The van der Waals surface area contributed by atoms with Crippen molar-refractivity contribution in [2.45, 2.75) is 69.0 Å². The first kappa shape index (κ1) is 65.3. The maximum Gasteiger partial charge on any atom is 0.328 e. The van der Waals surface area contributed by atoms with E-state index in [1.165, 1.54) is 19.4 Å². The fourth-order valence-corrected chi connectivity index (χ4v) is 8.46. The van der Waals surface area contributed by atoms with Crippen molar-refractivity contribution in [1.82, 2.24) is 61.5 Å². The first-order valence-electron chi connectivity index (χ1n) is 25.4. The van der Waals surface area contributed by atoms with Gasteiger partial charge in [0, 0.05) is 89.3 Å². The topological polar surface area (TPSA) is 438 Å². The van der Waals surface area contributed by atoms with Crippen LogP contribution in [-0.2, 0) is 67.3 Å². The summed E-state index contributed by atoms with van der Waals surface area (Å²) in [6.07, 6.45) is 1.38. The normalized spacial score (nSPS) is 16.2. The number of H-pyrrole nitrogens is 1. The Morgan fingerprint density at radius 1 is 0.531 bits per heavy atom. The summed E-state index contributed by atoms with van der Waals surface area (Å²) in [5, 5.41) is 84.5. The van der Waals surface area contributed by atoms with Gasteiger partial charge in [0.2, 0.25) is 29.5 Å². The number of aliphatic hydroxyl groups excluding tert-OH is 2. The number of rotatable bonds is 29. The number of carboxylic acid groups (broad SMARTS) is 5. The highest BCUT2D eigenvalue weighted by Gasteiger charge is 2.33. The Bertz CT molecular complexity index is 2590. The van der Waals surface area contributed by atoms with Crippen LogP contribution >= 0.6 is 12.2 Å². The first-order chi connectivity index (χ1) is 38.5. The van der Waals surface area contributed by atoms with Crippen molar-refractivity contribution in [2.24, 2.45) is 0 Å². The summed E-state index contributed by atoms with van der Waals surface area (Å²) in [7, 11) is 0. The molecular weight excluding hydrogens is 1090 g/mol. The molecular formula is C50H69N13O17S. The molecule has 0 bridgehead atoms. The van der Waals surface area contributed by atoms with E-state index in [-0.39, 0.29) is 63.8 Å². The molecule has 1 aliphatic rings. The van der Waals surface area contributed by atoms with Gasteiger partial charge < -0.3 is 77.9 Å². The Morgan fingerprint density at radius 3 is 1.46 bits per heavy atom. The molecule has 3 aromatic rings. The lowest BCUT2D eigenvalue weighted by molar-refractivity contribution is -0.143. The van der Waals surface area contributed by atoms with Crippen LogP contribution in [0, 0.1) is 0 Å². The van der Waals surface area contributed by atoms with Gasteiger partial charge in [0.15, 0.2) is 5.11 Å². The Labute approximate surface area is 469 Å². The van der Waals surface area contributed by atoms with Crippen LogP contribution in [0.5, 0.6) is 0 Å². The second-order valence-electron chi connectivity index (χ2n) is 18.9. The lowest BCUT2D eigenvalue weighted by Crippen LogP contribution is -2.60. The first-order valence-corrected chi connectivity index (χ1v) is 25.8. The number of hydrogen-bond acceptors (Lipinski definition) is 18. The minimum atomic E-state index is -1.74. The monoisotopic (exact) mass is 1160 g/mol. The number of amides is 5. The number of benzene rings is 2. The molecule has 2 heterocycles. The fourth-order valence-electron chi connectivity index (χ4n) is 8.20. The lowest BCUT2D eigenvalue weighted by Gasteiger charge is -2.33. The summed E-state index contributed by atoms with van der Waals surface area (Å²) in [4.78, 5) is 140. The van der Waals surface area contributed by atoms with Crippen LogP contribution in [0.25, 0.3) is 0 Å². The number of carbonyl (C=O) groups excluding carboxylic acids is 5. The molecule has 15 N–H and O–H groups in total. The number of hydrogen-bond donors (Lipinski definition) is 15. The minimum Gasteiger partial charge on any atom is -0.481 e. The van der Waals surface area contributed by atoms with Gasteiger partial charge in [-0.3, -0.25) is 62.8 Å². The van der Waals surface area contributed by atoms with E-state index in [1.54, 1.807) is 69.3 Å². The van der Waals surface area contributed by atoms with E-state index < -0.39 is 115 Å². The molecule has 30 nitrogen and oxygen atoms in total. The largest absolute Gasteiger partial charge is 0.481 e. The molecule has 1 saturated heterocycles. The van der Waals surface area contributed by atoms with Crippen molar-refractivity contribution in [3.05, 3.63) is 83.9 Å². The molecule has 2 aromatic carbocycles. The Balaban J connectivity index is 1.40. The molecule has 4 rings (SSSR count). The van der Waals surface area contributed by atoms with Gasteiger partial charge in [-0.05, 0) is 42.4 Å². The van der Waals surface area contributed by atoms with Crippen LogP contribution < -0.4 is 37.2 Å². The molecule has 0 radical (unpaired) electrons. The molecule has 31 heteroatoms. The van der Waals surface area contributed by atoms with E-state index in [0.29, 0.717) is 49.7 Å². The molecule has 1 fully saturated rings. The highest BCUT2D eigenvalue weighted by atomic mass is 32.1. The molecule has 0 spiro atoms. The summed E-state index contributed by atoms with van der Waals surface area (Å²) in [5.74, 6) is -11.2. The quantitative estimate of drug-likeness (QED) is 0.0291. The van der Waals surface area contributed by atoms with Crippen molar-refractivity contribution in [1.29, 1.82) is 0 Å². The molecule has 5 amide bonds. The summed E-state index contributed by atoms with van der Waals surface area (Å²) < 4.78 is 0. The minimum absolute atomic E-state index is 0.173. The highest BCUT2D eigenvalue weighted by molar-refractivity contribution is 7.80. The van der Waals surface area contributed by atoms with Crippen LogP contribution in [0.2, 0.25) is 0 Å². The number of aliphatic hydroxyl groups is 2. The van der Waals surface area contributed by atoms with Gasteiger partial charge in [0.05, 0.1) is 45.6 Å². The molecule has 81 heavy (non-hydrogen) atoms. The van der Waals surface area contributed by atoms with Gasteiger partial charge in [0.1, 0.15) is 36.3 Å². The zero-order chi connectivity index (χ0) is 59.6. The average molecular weight is 1160 g/mol. The van der Waals surface area contributed by atoms with Crippen LogP contribution in [-0.4, -0.2) is 251 Å². The summed E-state index contributed by atoms with van der Waals surface area (Å²) in [6.45, 7) is 1.20. The standard InChI is InChI=1S/C50H69N13O17S/c1-30(44(74)55-36(20-34-22-51-29-52-34)47(77)57-38(27-64)48(78)56-35(19-31-5-3-2-4-6-31)46(76)58-39(28-65)49(79)80)53-45(75)37(21-40(66)67)59-50(81)54-33-9-7-32(8-10-33)23-60-11-13-61(24-41(68)69)15-17-63(26-43(72)73)18-16-62(14-12-60)25-42(70)71/h2-10,22,29-30,35-39,64-65H,11-21,23-28H2,1H3,(H,51,52)(H,53,75)(H,55,74)(H,56,78)(H,57,77)(H,58,76)(H,66,67)(H,68,69)(H,70,71)(H,72,73)(H,79,80)(H2,54,59,81)/t30-,35-,36-,37-,38-,39-/m0/s1. The second kappa shape index (κ2) is 33.4. The van der Waals surface area contributed by atoms with Gasteiger partial charge in [-0.1, -0.05) is 42.5 Å². The van der Waals surface area contributed by atoms with Crippen LogP contribution in [0.1, 0.15) is 30.2 Å². The molecule has 0 unspecified atom stereocenters. The van der Waals surface area contributed by atoms with Crippen molar-refractivity contribution in [3.8, 4) is 0 Å². The van der Waals surface area contributed by atoms with Gasteiger partial charge in [-0.25, -0.2) is 9.78 Å². The molecule has 0 aliphatic carbocycles. The van der Waals surface area contributed by atoms with Crippen molar-refractivity contribution >= 4 is 82.4 Å². The van der Waals surface area contributed by atoms with Crippen LogP contribution in [0.4, 0.5) is 5.69 Å². The summed E-state index contributed by atoms with van der Waals surface area (Å²) in [5.41, 5.74) is 2.08. The van der Waals surface area contributed by atoms with Gasteiger partial charge in [-0.15, -0.1) is 0 Å². The smallest absolute Gasteiger partial charge is 0.328 e. The van der Waals surface area contributed by atoms with Gasteiger partial charge in [0.25, 0.3) is 0 Å². The number of thiocarbonyl (C=S) groups is 1. The maximum atomic E-state index is 13.8. The number of carboxylic acids is 5. The van der Waals surface area contributed by atoms with E-state index in [4.69, 9.17) is 12.2 Å². The number of nitrogens with one attached hydrogen (secondary N) is 8. The summed E-state index contributed by atoms with van der Waals surface area (Å²) >= 11 is 5.44. The third kappa shape index (κ3) is 24.0. The van der Waals surface area contributed by atoms with Crippen LogP contribution in [0.3, 0.4) is 0 Å². The van der Waals surface area contributed by atoms with E-state index in [2.05, 4.69) is 47.2 Å². The molecule has 1 aromatic heterocycles.